The summed E-state index contributed by atoms with van der Waals surface area (Å²) < 4.78 is 5.46. The van der Waals surface area contributed by atoms with Crippen molar-refractivity contribution in [3.05, 3.63) is 70.8 Å². The molecule has 2 aromatic carbocycles. The third-order valence-electron chi connectivity index (χ3n) is 5.51. The molecular weight excluding hydrogens is 334 g/mol. The highest BCUT2D eigenvalue weighted by molar-refractivity contribution is 5.54. The van der Waals surface area contributed by atoms with E-state index in [1.165, 1.54) is 23.1 Å². The number of rotatable bonds is 6. The van der Waals surface area contributed by atoms with Gasteiger partial charge in [0.05, 0.1) is 13.7 Å². The molecule has 1 aliphatic carbocycles. The lowest BCUT2D eigenvalue weighted by Crippen LogP contribution is -2.29. The van der Waals surface area contributed by atoms with E-state index >= 15 is 0 Å². The highest BCUT2D eigenvalue weighted by Crippen LogP contribution is 2.42. The summed E-state index contributed by atoms with van der Waals surface area (Å²) in [5.74, 6) is 2.08. The van der Waals surface area contributed by atoms with Crippen molar-refractivity contribution >= 4 is 6.08 Å². The third-order valence-corrected chi connectivity index (χ3v) is 5.51. The molecule has 0 bridgehead atoms. The number of hydrogen-bond donors (Lipinski definition) is 1. The Balaban J connectivity index is 1.87. The number of aliphatic hydroxyl groups excluding tert-OH is 1. The monoisotopic (exact) mass is 365 g/mol. The van der Waals surface area contributed by atoms with Gasteiger partial charge in [-0.3, -0.25) is 0 Å². The van der Waals surface area contributed by atoms with Crippen LogP contribution in [0.2, 0.25) is 0 Å². The Morgan fingerprint density at radius 2 is 1.96 bits per heavy atom. The van der Waals surface area contributed by atoms with E-state index in [0.29, 0.717) is 11.8 Å². The topological polar surface area (TPSA) is 32.7 Å². The van der Waals surface area contributed by atoms with E-state index in [-0.39, 0.29) is 6.61 Å². The molecule has 0 aromatic heterocycles. The zero-order valence-electron chi connectivity index (χ0n) is 16.7. The van der Waals surface area contributed by atoms with Gasteiger partial charge in [-0.15, -0.1) is 0 Å². The van der Waals surface area contributed by atoms with Gasteiger partial charge in [-0.2, -0.15) is 0 Å². The van der Waals surface area contributed by atoms with E-state index in [1.807, 2.05) is 18.2 Å². The fourth-order valence-corrected chi connectivity index (χ4v) is 4.22. The first-order chi connectivity index (χ1) is 13.1. The van der Waals surface area contributed by atoms with E-state index in [0.717, 1.165) is 30.7 Å². The quantitative estimate of drug-likeness (QED) is 0.804. The molecular formula is C24H31NO2. The first kappa shape index (κ1) is 19.7. The maximum Gasteiger partial charge on any atom is 0.119 e. The lowest BCUT2D eigenvalue weighted by atomic mass is 9.73. The van der Waals surface area contributed by atoms with Gasteiger partial charge in [-0.25, -0.2) is 0 Å². The highest BCUT2D eigenvalue weighted by atomic mass is 16.5. The van der Waals surface area contributed by atoms with Crippen LogP contribution in [-0.4, -0.2) is 37.8 Å². The van der Waals surface area contributed by atoms with Crippen molar-refractivity contribution in [3.8, 4) is 5.75 Å². The van der Waals surface area contributed by atoms with Gasteiger partial charge in [0.25, 0.3) is 0 Å². The molecule has 3 nitrogen and oxygen atoms in total. The Bertz CT molecular complexity index is 781. The highest BCUT2D eigenvalue weighted by Gasteiger charge is 2.29. The number of allylic oxidation sites excluding steroid dienone is 1. The van der Waals surface area contributed by atoms with Crippen LogP contribution in [0.1, 0.15) is 41.9 Å². The maximum absolute atomic E-state index is 9.39. The largest absolute Gasteiger partial charge is 0.497 e. The molecule has 0 amide bonds. The molecule has 2 atom stereocenters. The van der Waals surface area contributed by atoms with Crippen LogP contribution in [0, 0.1) is 5.92 Å². The zero-order valence-corrected chi connectivity index (χ0v) is 16.7. The second-order valence-corrected chi connectivity index (χ2v) is 7.85. The summed E-state index contributed by atoms with van der Waals surface area (Å²) in [6, 6.07) is 16.8. The molecule has 2 aromatic rings. The van der Waals surface area contributed by atoms with Gasteiger partial charge in [-0.05, 0) is 80.1 Å². The van der Waals surface area contributed by atoms with Gasteiger partial charge in [0, 0.05) is 6.54 Å². The first-order valence-corrected chi connectivity index (χ1v) is 9.77. The third kappa shape index (κ3) is 5.21. The molecule has 27 heavy (non-hydrogen) atoms. The summed E-state index contributed by atoms with van der Waals surface area (Å²) in [7, 11) is 6.06. The van der Waals surface area contributed by atoms with Crippen molar-refractivity contribution in [1.82, 2.24) is 4.90 Å². The second-order valence-electron chi connectivity index (χ2n) is 7.85. The Morgan fingerprint density at radius 3 is 2.70 bits per heavy atom. The van der Waals surface area contributed by atoms with E-state index in [4.69, 9.17) is 4.74 Å². The van der Waals surface area contributed by atoms with Crippen molar-refractivity contribution in [2.75, 3.05) is 27.7 Å². The second kappa shape index (κ2) is 9.20. The SMILES string of the molecule is COc1cccc([C@@H]2C/C(=C/c3cccc(CO)c3)CC[C@H]2CN(C)C)c1. The minimum absolute atomic E-state index is 0.0916. The summed E-state index contributed by atoms with van der Waals surface area (Å²) in [6.07, 6.45) is 5.74. The molecule has 0 aliphatic heterocycles. The van der Waals surface area contributed by atoms with E-state index < -0.39 is 0 Å². The van der Waals surface area contributed by atoms with Crippen molar-refractivity contribution in [2.24, 2.45) is 5.92 Å². The minimum Gasteiger partial charge on any atom is -0.497 e. The lowest BCUT2D eigenvalue weighted by Gasteiger charge is -2.35. The molecule has 0 spiro atoms. The van der Waals surface area contributed by atoms with Gasteiger partial charge < -0.3 is 14.7 Å². The molecule has 0 radical (unpaired) electrons. The Hall–Kier alpha value is -2.10. The lowest BCUT2D eigenvalue weighted by molar-refractivity contribution is 0.256. The van der Waals surface area contributed by atoms with Crippen LogP contribution in [0.5, 0.6) is 5.75 Å². The fourth-order valence-electron chi connectivity index (χ4n) is 4.22. The normalized spacial score (nSPS) is 21.6. The number of hydrogen-bond acceptors (Lipinski definition) is 3. The van der Waals surface area contributed by atoms with Crippen molar-refractivity contribution < 1.29 is 9.84 Å². The summed E-state index contributed by atoms with van der Waals surface area (Å²) in [5, 5.41) is 9.39. The predicted octanol–water partition coefficient (Wildman–Crippen LogP) is 4.72. The summed E-state index contributed by atoms with van der Waals surface area (Å²) in [4.78, 5) is 2.30. The average Bonchev–Trinajstić information content (AvgIpc) is 2.69. The van der Waals surface area contributed by atoms with Crippen LogP contribution in [0.4, 0.5) is 0 Å². The molecule has 1 aliphatic rings. The predicted molar refractivity (Wildman–Crippen MR) is 112 cm³/mol. The summed E-state index contributed by atoms with van der Waals surface area (Å²) >= 11 is 0. The van der Waals surface area contributed by atoms with Crippen LogP contribution < -0.4 is 4.74 Å². The molecule has 1 N–H and O–H groups in total. The van der Waals surface area contributed by atoms with E-state index in [1.54, 1.807) is 7.11 Å². The van der Waals surface area contributed by atoms with Crippen LogP contribution >= 0.6 is 0 Å². The standard InChI is InChI=1S/C24H31NO2/c1-25(2)16-22-11-10-19(12-18-6-4-7-20(13-18)17-26)14-24(22)21-8-5-9-23(15-21)27-3/h4-9,12-13,15,22,24,26H,10-11,14,16-17H2,1-3H3/b19-12+/t22-,24-/m0/s1. The summed E-state index contributed by atoms with van der Waals surface area (Å²) in [5.41, 5.74) is 5.02. The fraction of sp³-hybridized carbons (Fsp3) is 0.417. The molecule has 0 saturated heterocycles. The molecule has 144 valence electrons. The van der Waals surface area contributed by atoms with Crippen molar-refractivity contribution in [1.29, 1.82) is 0 Å². The van der Waals surface area contributed by atoms with Gasteiger partial charge in [0.1, 0.15) is 5.75 Å². The Kier molecular flexibility index (Phi) is 6.70. The molecule has 3 heteroatoms. The average molecular weight is 366 g/mol. The summed E-state index contributed by atoms with van der Waals surface area (Å²) in [6.45, 7) is 1.20. The van der Waals surface area contributed by atoms with Gasteiger partial charge in [0.2, 0.25) is 0 Å². The van der Waals surface area contributed by atoms with Crippen LogP contribution in [-0.2, 0) is 6.61 Å². The van der Waals surface area contributed by atoms with Crippen molar-refractivity contribution in [3.63, 3.8) is 0 Å². The molecule has 3 rings (SSSR count). The van der Waals surface area contributed by atoms with E-state index in [9.17, 15) is 5.11 Å². The van der Waals surface area contributed by atoms with Crippen LogP contribution in [0.15, 0.2) is 54.1 Å². The molecule has 0 unspecified atom stereocenters. The Labute approximate surface area is 163 Å². The molecule has 0 heterocycles. The number of nitrogens with zero attached hydrogens (tertiary/aromatic N) is 1. The Morgan fingerprint density at radius 1 is 1.15 bits per heavy atom. The number of aliphatic hydroxyl groups is 1. The van der Waals surface area contributed by atoms with Gasteiger partial charge in [0.15, 0.2) is 0 Å². The van der Waals surface area contributed by atoms with Crippen LogP contribution in [0.25, 0.3) is 6.08 Å². The van der Waals surface area contributed by atoms with Crippen LogP contribution in [0.3, 0.4) is 0 Å². The van der Waals surface area contributed by atoms with Gasteiger partial charge >= 0.3 is 0 Å². The number of benzene rings is 2. The molecule has 1 saturated carbocycles. The first-order valence-electron chi connectivity index (χ1n) is 9.77. The van der Waals surface area contributed by atoms with Crippen molar-refractivity contribution in [2.45, 2.75) is 31.8 Å². The minimum atomic E-state index is 0.0916. The zero-order chi connectivity index (χ0) is 19.2. The molecule has 1 fully saturated rings. The smallest absolute Gasteiger partial charge is 0.119 e. The number of ether oxygens (including phenoxy) is 1. The maximum atomic E-state index is 9.39. The van der Waals surface area contributed by atoms with E-state index in [2.05, 4.69) is 55.4 Å². The van der Waals surface area contributed by atoms with Gasteiger partial charge in [-0.1, -0.05) is 42.0 Å². The number of methoxy groups -OCH3 is 1.